The summed E-state index contributed by atoms with van der Waals surface area (Å²) in [5.74, 6) is 4.88. The van der Waals surface area contributed by atoms with Crippen LogP contribution in [0.1, 0.15) is 13.8 Å². The minimum absolute atomic E-state index is 0.892. The zero-order valence-electron chi connectivity index (χ0n) is 12.3. The Morgan fingerprint density at radius 3 is 1.65 bits per heavy atom. The van der Waals surface area contributed by atoms with E-state index in [0.717, 1.165) is 6.26 Å². The molecule has 118 valence electrons. The van der Waals surface area contributed by atoms with E-state index in [4.69, 9.17) is 8.06 Å². The molecule has 0 aliphatic heterocycles. The Morgan fingerprint density at radius 1 is 0.900 bits per heavy atom. The Balaban J connectivity index is 4.63. The molecule has 0 aromatic rings. The van der Waals surface area contributed by atoms with E-state index in [0.29, 0.717) is 0 Å². The van der Waals surface area contributed by atoms with Gasteiger partial charge in [0.1, 0.15) is 12.2 Å². The van der Waals surface area contributed by atoms with Crippen LogP contribution in [0.25, 0.3) is 0 Å². The first kappa shape index (κ1) is 19.6. The molecule has 2 atom stereocenters. The van der Waals surface area contributed by atoms with Crippen LogP contribution in [0, 0.1) is 11.8 Å². The summed E-state index contributed by atoms with van der Waals surface area (Å²) in [5.41, 5.74) is 0. The third-order valence-corrected chi connectivity index (χ3v) is 5.40. The molecular formula is C10H20O7S2Si. The quantitative estimate of drug-likeness (QED) is 0.400. The van der Waals surface area contributed by atoms with Gasteiger partial charge in [0.15, 0.2) is 0 Å². The molecule has 0 fully saturated rings. The van der Waals surface area contributed by atoms with Crippen molar-refractivity contribution in [2.45, 2.75) is 45.7 Å². The molecule has 7 nitrogen and oxygen atoms in total. The van der Waals surface area contributed by atoms with Crippen molar-refractivity contribution in [1.82, 2.24) is 0 Å². The Hall–Kier alpha value is -0.443. The molecule has 0 aromatic carbocycles. The van der Waals surface area contributed by atoms with Gasteiger partial charge < -0.3 is 0 Å². The summed E-state index contributed by atoms with van der Waals surface area (Å²) in [5, 5.41) is 0. The minimum Gasteiger partial charge on any atom is -0.294 e. The predicted octanol–water partition coefficient (Wildman–Crippen LogP) is 0.856. The molecule has 0 N–H and O–H groups in total. The standard InChI is InChI=1S/C10H20O7S2Si/c1-9(15-18(3,11)12)7-8-10(2)16-19(13,14)17-20(4,5)6/h9-10H,1-6H3. The van der Waals surface area contributed by atoms with Gasteiger partial charge >= 0.3 is 10.4 Å². The van der Waals surface area contributed by atoms with E-state index in [2.05, 4.69) is 16.0 Å². The zero-order valence-corrected chi connectivity index (χ0v) is 15.0. The van der Waals surface area contributed by atoms with Crippen molar-refractivity contribution in [3.05, 3.63) is 0 Å². The van der Waals surface area contributed by atoms with Gasteiger partial charge in [-0.1, -0.05) is 11.8 Å². The molecule has 0 aromatic heterocycles. The predicted molar refractivity (Wildman–Crippen MR) is 77.1 cm³/mol. The molecule has 0 bridgehead atoms. The van der Waals surface area contributed by atoms with Gasteiger partial charge in [0.25, 0.3) is 10.1 Å². The first-order valence-electron chi connectivity index (χ1n) is 5.73. The Bertz CT molecular complexity index is 577. The number of rotatable bonds is 6. The highest BCUT2D eigenvalue weighted by Gasteiger charge is 2.26. The van der Waals surface area contributed by atoms with Gasteiger partial charge in [0, 0.05) is 0 Å². The fourth-order valence-electron chi connectivity index (χ4n) is 1.05. The third-order valence-electron chi connectivity index (χ3n) is 1.42. The van der Waals surface area contributed by atoms with Gasteiger partial charge in [-0.25, -0.2) is 4.18 Å². The van der Waals surface area contributed by atoms with Crippen LogP contribution in [0.2, 0.25) is 19.6 Å². The van der Waals surface area contributed by atoms with Crippen LogP contribution in [0.4, 0.5) is 0 Å². The molecule has 2 unspecified atom stereocenters. The van der Waals surface area contributed by atoms with Crippen molar-refractivity contribution in [2.75, 3.05) is 6.26 Å². The lowest BCUT2D eigenvalue weighted by Gasteiger charge is -2.17. The van der Waals surface area contributed by atoms with Crippen molar-refractivity contribution in [2.24, 2.45) is 0 Å². The van der Waals surface area contributed by atoms with E-state index in [1.807, 2.05) is 0 Å². The smallest absolute Gasteiger partial charge is 0.294 e. The van der Waals surface area contributed by atoms with Gasteiger partial charge in [0.05, 0.1) is 6.26 Å². The Kier molecular flexibility index (Phi) is 6.86. The summed E-state index contributed by atoms with van der Waals surface area (Å²) >= 11 is 0. The first-order chi connectivity index (χ1) is 8.70. The summed E-state index contributed by atoms with van der Waals surface area (Å²) < 4.78 is 58.9. The molecule has 20 heavy (non-hydrogen) atoms. The summed E-state index contributed by atoms with van der Waals surface area (Å²) in [6.45, 7) is 7.93. The van der Waals surface area contributed by atoms with Crippen molar-refractivity contribution in [1.29, 1.82) is 0 Å². The molecule has 0 saturated heterocycles. The van der Waals surface area contributed by atoms with Gasteiger partial charge in [-0.05, 0) is 33.5 Å². The summed E-state index contributed by atoms with van der Waals surface area (Å²) in [7, 11) is -10.0. The zero-order chi connectivity index (χ0) is 16.2. The maximum absolute atomic E-state index is 11.5. The Labute approximate surface area is 122 Å². The first-order valence-corrected chi connectivity index (χ1v) is 12.3. The highest BCUT2D eigenvalue weighted by Crippen LogP contribution is 2.11. The van der Waals surface area contributed by atoms with Crippen LogP contribution < -0.4 is 0 Å². The Morgan fingerprint density at radius 2 is 1.30 bits per heavy atom. The lowest BCUT2D eigenvalue weighted by Crippen LogP contribution is -2.31. The molecule has 10 heteroatoms. The van der Waals surface area contributed by atoms with Crippen LogP contribution in [-0.2, 0) is 32.8 Å². The molecule has 0 aliphatic carbocycles. The van der Waals surface area contributed by atoms with Gasteiger partial charge in [-0.15, -0.1) is 0 Å². The molecule has 0 aliphatic rings. The van der Waals surface area contributed by atoms with E-state index in [9.17, 15) is 16.8 Å². The lowest BCUT2D eigenvalue weighted by molar-refractivity contribution is 0.242. The highest BCUT2D eigenvalue weighted by atomic mass is 32.3. The molecular weight excluding hydrogens is 324 g/mol. The largest absolute Gasteiger partial charge is 0.391 e. The van der Waals surface area contributed by atoms with E-state index >= 15 is 0 Å². The second-order valence-corrected chi connectivity index (χ2v) is 12.6. The second kappa shape index (κ2) is 7.01. The highest BCUT2D eigenvalue weighted by molar-refractivity contribution is 7.86. The number of hydrogen-bond donors (Lipinski definition) is 0. The van der Waals surface area contributed by atoms with E-state index in [1.165, 1.54) is 13.8 Å². The maximum Gasteiger partial charge on any atom is 0.391 e. The molecule has 0 rings (SSSR count). The van der Waals surface area contributed by atoms with Crippen LogP contribution in [0.3, 0.4) is 0 Å². The fourth-order valence-corrected chi connectivity index (χ4v) is 4.63. The van der Waals surface area contributed by atoms with E-state index in [1.54, 1.807) is 19.6 Å². The van der Waals surface area contributed by atoms with Gasteiger partial charge in [-0.3, -0.25) is 8.06 Å². The van der Waals surface area contributed by atoms with Crippen LogP contribution in [0.15, 0.2) is 0 Å². The second-order valence-electron chi connectivity index (χ2n) is 5.07. The minimum atomic E-state index is -4.12. The fraction of sp³-hybridized carbons (Fsp3) is 0.800. The summed E-state index contributed by atoms with van der Waals surface area (Å²) in [6.07, 6.45) is -0.962. The number of hydrogen-bond acceptors (Lipinski definition) is 7. The van der Waals surface area contributed by atoms with Crippen LogP contribution in [0.5, 0.6) is 0 Å². The average Bonchev–Trinajstić information content (AvgIpc) is 2.06. The van der Waals surface area contributed by atoms with E-state index in [-0.39, 0.29) is 0 Å². The van der Waals surface area contributed by atoms with Gasteiger partial charge in [-0.2, -0.15) is 16.8 Å². The summed E-state index contributed by atoms with van der Waals surface area (Å²) in [4.78, 5) is 0. The average molecular weight is 344 g/mol. The van der Waals surface area contributed by atoms with E-state index < -0.39 is 41.0 Å². The monoisotopic (exact) mass is 344 g/mol. The molecule has 0 spiro atoms. The summed E-state index contributed by atoms with van der Waals surface area (Å²) in [6, 6.07) is 0. The molecule has 0 saturated carbocycles. The molecule has 0 heterocycles. The van der Waals surface area contributed by atoms with Crippen molar-refractivity contribution < 1.29 is 29.1 Å². The van der Waals surface area contributed by atoms with Crippen molar-refractivity contribution in [3.8, 4) is 11.8 Å². The van der Waals surface area contributed by atoms with Crippen LogP contribution in [-0.4, -0.2) is 43.6 Å². The van der Waals surface area contributed by atoms with Crippen LogP contribution >= 0.6 is 0 Å². The normalized spacial score (nSPS) is 16.1. The van der Waals surface area contributed by atoms with Gasteiger partial charge in [0.2, 0.25) is 8.32 Å². The topological polar surface area (TPSA) is 96.0 Å². The molecule has 0 amide bonds. The lowest BCUT2D eigenvalue weighted by atomic mass is 10.3. The van der Waals surface area contributed by atoms with Crippen molar-refractivity contribution in [3.63, 3.8) is 0 Å². The SMILES string of the molecule is CC(C#CC(C)OS(=O)(=O)O[Si](C)(C)C)OS(C)(=O)=O. The maximum atomic E-state index is 11.5. The molecule has 0 radical (unpaired) electrons. The van der Waals surface area contributed by atoms with Crippen molar-refractivity contribution >= 4 is 28.8 Å². The third kappa shape index (κ3) is 11.4.